The van der Waals surface area contributed by atoms with E-state index >= 15 is 0 Å². The van der Waals surface area contributed by atoms with Gasteiger partial charge >= 0.3 is 4.87 Å². The van der Waals surface area contributed by atoms with Crippen molar-refractivity contribution in [3.63, 3.8) is 0 Å². The van der Waals surface area contributed by atoms with Gasteiger partial charge in [0.2, 0.25) is 15.9 Å². The molecule has 2 aromatic carbocycles. The van der Waals surface area contributed by atoms with Crippen LogP contribution in [0.3, 0.4) is 0 Å². The van der Waals surface area contributed by atoms with E-state index in [1.807, 2.05) is 30.3 Å². The molecule has 164 valence electrons. The Bertz CT molecular complexity index is 1250. The normalized spacial score (nSPS) is 15.0. The van der Waals surface area contributed by atoms with Gasteiger partial charge in [0.15, 0.2) is 0 Å². The molecule has 0 unspecified atom stereocenters. The third-order valence-electron chi connectivity index (χ3n) is 5.25. The van der Waals surface area contributed by atoms with Crippen LogP contribution in [0.25, 0.3) is 10.2 Å². The molecule has 4 rings (SSSR count). The molecule has 10 heteroatoms. The number of hydrogen-bond donors (Lipinski definition) is 0. The van der Waals surface area contributed by atoms with Gasteiger partial charge in [-0.1, -0.05) is 41.7 Å². The third-order valence-corrected chi connectivity index (χ3v) is 7.99. The zero-order chi connectivity index (χ0) is 22.0. The van der Waals surface area contributed by atoms with Crippen LogP contribution in [0.4, 0.5) is 0 Å². The van der Waals surface area contributed by atoms with Gasteiger partial charge in [0.1, 0.15) is 6.54 Å². The monoisotopic (exact) mass is 461 g/mol. The number of hydrogen-bond acceptors (Lipinski definition) is 6. The number of ether oxygens (including phenoxy) is 1. The topological polar surface area (TPSA) is 88.9 Å². The number of aromatic nitrogens is 1. The van der Waals surface area contributed by atoms with Crippen LogP contribution in [0.1, 0.15) is 5.56 Å². The number of nitrogens with zero attached hydrogens (tertiary/aromatic N) is 3. The second-order valence-electron chi connectivity index (χ2n) is 7.32. The lowest BCUT2D eigenvalue weighted by molar-refractivity contribution is -0.135. The highest BCUT2D eigenvalue weighted by Gasteiger charge is 2.23. The molecule has 0 atom stereocenters. The summed E-state index contributed by atoms with van der Waals surface area (Å²) < 4.78 is 34.5. The number of carbonyl (C=O) groups excluding carboxylic acids is 1. The molecule has 8 nitrogen and oxygen atoms in total. The van der Waals surface area contributed by atoms with E-state index < -0.39 is 10.0 Å². The summed E-state index contributed by atoms with van der Waals surface area (Å²) in [7, 11) is -2.20. The Hall–Kier alpha value is -2.53. The average Bonchev–Trinajstić information content (AvgIpc) is 3.09. The van der Waals surface area contributed by atoms with E-state index in [1.54, 1.807) is 11.0 Å². The van der Waals surface area contributed by atoms with Crippen molar-refractivity contribution in [1.82, 2.24) is 13.8 Å². The largest absolute Gasteiger partial charge is 0.378 e. The van der Waals surface area contributed by atoms with Crippen molar-refractivity contribution >= 4 is 37.5 Å². The molecule has 0 spiro atoms. The molecule has 1 saturated heterocycles. The molecule has 31 heavy (non-hydrogen) atoms. The molecule has 0 N–H and O–H groups in total. The number of rotatable bonds is 6. The highest BCUT2D eigenvalue weighted by atomic mass is 32.2. The Kier molecular flexibility index (Phi) is 6.24. The van der Waals surface area contributed by atoms with Crippen molar-refractivity contribution in [1.29, 1.82) is 0 Å². The molecular formula is C21H23N3O5S2. The maximum atomic E-state index is 13.0. The van der Waals surface area contributed by atoms with Crippen molar-refractivity contribution in [3.8, 4) is 0 Å². The van der Waals surface area contributed by atoms with Gasteiger partial charge in [0.05, 0.1) is 28.3 Å². The third kappa shape index (κ3) is 4.57. The number of carbonyl (C=O) groups is 1. The molecule has 1 aliphatic heterocycles. The van der Waals surface area contributed by atoms with Crippen LogP contribution >= 0.6 is 11.3 Å². The number of sulfonamides is 1. The maximum absolute atomic E-state index is 13.0. The molecule has 1 aromatic heterocycles. The molecular weight excluding hydrogens is 438 g/mol. The summed E-state index contributed by atoms with van der Waals surface area (Å²) in [6, 6.07) is 13.9. The number of thiazole rings is 1. The van der Waals surface area contributed by atoms with Crippen molar-refractivity contribution in [2.75, 3.05) is 33.4 Å². The van der Waals surface area contributed by atoms with Crippen LogP contribution in [0, 0.1) is 0 Å². The van der Waals surface area contributed by atoms with Gasteiger partial charge in [0.25, 0.3) is 0 Å². The van der Waals surface area contributed by atoms with Crippen molar-refractivity contribution in [2.24, 2.45) is 0 Å². The Balaban J connectivity index is 1.58. The van der Waals surface area contributed by atoms with E-state index in [1.165, 1.54) is 28.1 Å². The first-order valence-electron chi connectivity index (χ1n) is 9.85. The minimum atomic E-state index is -3.73. The molecule has 0 radical (unpaired) electrons. The SMILES string of the molecule is CN(Cc1ccccc1)S(=O)(=O)c1ccc2c(c1)sc(=O)n2CC(=O)N1CCOCC1. The van der Waals surface area contributed by atoms with E-state index in [9.17, 15) is 18.0 Å². The Morgan fingerprint density at radius 1 is 1.13 bits per heavy atom. The van der Waals surface area contributed by atoms with Gasteiger partial charge in [-0.15, -0.1) is 0 Å². The first-order valence-corrected chi connectivity index (χ1v) is 12.1. The summed E-state index contributed by atoms with van der Waals surface area (Å²) in [5.41, 5.74) is 1.44. The van der Waals surface area contributed by atoms with E-state index in [0.717, 1.165) is 16.9 Å². The highest BCUT2D eigenvalue weighted by molar-refractivity contribution is 7.89. The van der Waals surface area contributed by atoms with Gasteiger partial charge in [-0.05, 0) is 23.8 Å². The van der Waals surface area contributed by atoms with E-state index in [4.69, 9.17) is 4.74 Å². The minimum Gasteiger partial charge on any atom is -0.378 e. The molecule has 3 aromatic rings. The standard InChI is InChI=1S/C21H23N3O5S2/c1-22(14-16-5-3-2-4-6-16)31(27,28)17-7-8-18-19(13-17)30-21(26)24(18)15-20(25)23-9-11-29-12-10-23/h2-8,13H,9-12,14-15H2,1H3. The summed E-state index contributed by atoms with van der Waals surface area (Å²) in [5, 5.41) is 0. The van der Waals surface area contributed by atoms with Crippen LogP contribution in [0.5, 0.6) is 0 Å². The van der Waals surface area contributed by atoms with E-state index in [0.29, 0.717) is 36.5 Å². The fraction of sp³-hybridized carbons (Fsp3) is 0.333. The molecule has 0 aliphatic carbocycles. The van der Waals surface area contributed by atoms with Crippen LogP contribution in [-0.4, -0.2) is 61.4 Å². The fourth-order valence-corrected chi connectivity index (χ4v) is 5.70. The zero-order valence-corrected chi connectivity index (χ0v) is 18.7. The van der Waals surface area contributed by atoms with Crippen LogP contribution in [0.15, 0.2) is 58.2 Å². The summed E-state index contributed by atoms with van der Waals surface area (Å²) in [6.45, 7) is 2.16. The van der Waals surface area contributed by atoms with Crippen molar-refractivity contribution < 1.29 is 17.9 Å². The number of fused-ring (bicyclic) bond motifs is 1. The maximum Gasteiger partial charge on any atom is 0.308 e. The molecule has 1 aliphatic rings. The predicted octanol–water partition coefficient (Wildman–Crippen LogP) is 1.74. The average molecular weight is 462 g/mol. The van der Waals surface area contributed by atoms with Crippen LogP contribution < -0.4 is 4.87 Å². The smallest absolute Gasteiger partial charge is 0.308 e. The van der Waals surface area contributed by atoms with Gasteiger partial charge < -0.3 is 9.64 Å². The van der Waals surface area contributed by atoms with E-state index in [-0.39, 0.29) is 28.8 Å². The number of amides is 1. The number of morpholine rings is 1. The summed E-state index contributed by atoms with van der Waals surface area (Å²) in [6.07, 6.45) is 0. The highest BCUT2D eigenvalue weighted by Crippen LogP contribution is 2.24. The van der Waals surface area contributed by atoms with Gasteiger partial charge in [-0.25, -0.2) is 8.42 Å². The van der Waals surface area contributed by atoms with Crippen LogP contribution in [0.2, 0.25) is 0 Å². The second-order valence-corrected chi connectivity index (χ2v) is 10.4. The molecule has 0 bridgehead atoms. The predicted molar refractivity (Wildman–Crippen MR) is 119 cm³/mol. The summed E-state index contributed by atoms with van der Waals surface area (Å²) >= 11 is 0.942. The van der Waals surface area contributed by atoms with Gasteiger partial charge in [-0.3, -0.25) is 14.2 Å². The van der Waals surface area contributed by atoms with Gasteiger partial charge in [0, 0.05) is 26.7 Å². The number of benzene rings is 2. The Morgan fingerprint density at radius 3 is 2.55 bits per heavy atom. The lowest BCUT2D eigenvalue weighted by Gasteiger charge is -2.26. The van der Waals surface area contributed by atoms with E-state index in [2.05, 4.69) is 0 Å². The lowest BCUT2D eigenvalue weighted by Crippen LogP contribution is -2.43. The summed E-state index contributed by atoms with van der Waals surface area (Å²) in [4.78, 5) is 26.6. The van der Waals surface area contributed by atoms with Gasteiger partial charge in [-0.2, -0.15) is 4.31 Å². The quantitative estimate of drug-likeness (QED) is 0.558. The zero-order valence-electron chi connectivity index (χ0n) is 17.1. The second kappa shape index (κ2) is 8.91. The lowest BCUT2D eigenvalue weighted by atomic mass is 10.2. The molecule has 1 amide bonds. The molecule has 1 fully saturated rings. The van der Waals surface area contributed by atoms with Crippen molar-refractivity contribution in [2.45, 2.75) is 18.0 Å². The van der Waals surface area contributed by atoms with Crippen molar-refractivity contribution in [3.05, 3.63) is 63.8 Å². The summed E-state index contributed by atoms with van der Waals surface area (Å²) in [5.74, 6) is -0.149. The first kappa shape index (κ1) is 21.7. The minimum absolute atomic E-state index is 0.0706. The molecule has 0 saturated carbocycles. The Labute approximate surface area is 184 Å². The fourth-order valence-electron chi connectivity index (χ4n) is 3.51. The van der Waals surface area contributed by atoms with Crippen LogP contribution in [-0.2, 0) is 32.6 Å². The molecule has 2 heterocycles. The Morgan fingerprint density at radius 2 is 1.84 bits per heavy atom. The first-order chi connectivity index (χ1) is 14.9.